The third-order valence-electron chi connectivity index (χ3n) is 0.654. The number of nitrogens with two attached hydrogens (primary N) is 1. The van der Waals surface area contributed by atoms with Gasteiger partial charge in [0.25, 0.3) is 0 Å². The molecule has 1 amide bonds. The van der Waals surface area contributed by atoms with Crippen molar-refractivity contribution in [1.29, 1.82) is 0 Å². The second-order valence-electron chi connectivity index (χ2n) is 1.46. The molecule has 0 heterocycles. The first-order valence-electron chi connectivity index (χ1n) is 2.33. The molecule has 10 heavy (non-hydrogen) atoms. The van der Waals surface area contributed by atoms with Crippen LogP contribution in [0.2, 0.25) is 0 Å². The molecule has 0 aliphatic rings. The number of carbonyl (C=O) groups excluding carboxylic acids is 1. The summed E-state index contributed by atoms with van der Waals surface area (Å²) in [5, 5.41) is 1.43. The van der Waals surface area contributed by atoms with Crippen LogP contribution in [-0.2, 0) is 14.6 Å². The summed E-state index contributed by atoms with van der Waals surface area (Å²) in [5.74, 6) is -0.801. The summed E-state index contributed by atoms with van der Waals surface area (Å²) in [4.78, 5) is 10.00. The molecule has 0 aliphatic carbocycles. The number of primary amides is 1. The van der Waals surface area contributed by atoms with Crippen LogP contribution in [-0.4, -0.2) is 14.3 Å². The summed E-state index contributed by atoms with van der Waals surface area (Å²) in [6.07, 6.45) is 0.761. The molecule has 0 unspecified atom stereocenters. The van der Waals surface area contributed by atoms with Crippen LogP contribution in [0.4, 0.5) is 0 Å². The summed E-state index contributed by atoms with van der Waals surface area (Å²) < 4.78 is 21.0. The van der Waals surface area contributed by atoms with Gasteiger partial charge >= 0.3 is 0 Å². The van der Waals surface area contributed by atoms with Crippen LogP contribution in [0.15, 0.2) is 23.5 Å². The van der Waals surface area contributed by atoms with Gasteiger partial charge in [-0.3, -0.25) is 4.79 Å². The molecule has 56 valence electrons. The first kappa shape index (κ1) is 8.90. The molecule has 0 aromatic rings. The summed E-state index contributed by atoms with van der Waals surface area (Å²) in [6, 6.07) is 0. The largest absolute Gasteiger partial charge is 0.366 e. The SMILES string of the molecule is C=CS(=O)(=O)C=CC(N)=O. The van der Waals surface area contributed by atoms with Crippen LogP contribution in [0, 0.1) is 0 Å². The van der Waals surface area contributed by atoms with Crippen LogP contribution < -0.4 is 5.73 Å². The van der Waals surface area contributed by atoms with Crippen molar-refractivity contribution in [2.24, 2.45) is 5.73 Å². The van der Waals surface area contributed by atoms with Gasteiger partial charge < -0.3 is 5.73 Å². The molecule has 2 N–H and O–H groups in total. The van der Waals surface area contributed by atoms with Crippen molar-refractivity contribution in [3.63, 3.8) is 0 Å². The van der Waals surface area contributed by atoms with Crippen molar-refractivity contribution in [3.8, 4) is 0 Å². The number of rotatable bonds is 3. The first-order chi connectivity index (χ1) is 4.48. The van der Waals surface area contributed by atoms with E-state index in [0.717, 1.165) is 11.5 Å². The van der Waals surface area contributed by atoms with E-state index in [1.54, 1.807) is 0 Å². The minimum atomic E-state index is -3.43. The number of carbonyl (C=O) groups is 1. The van der Waals surface area contributed by atoms with Gasteiger partial charge in [0, 0.05) is 16.9 Å². The summed E-state index contributed by atoms with van der Waals surface area (Å²) in [6.45, 7) is 3.02. The number of sulfone groups is 1. The lowest BCUT2D eigenvalue weighted by molar-refractivity contribution is -0.113. The second-order valence-corrected chi connectivity index (χ2v) is 3.24. The van der Waals surface area contributed by atoms with Crippen molar-refractivity contribution >= 4 is 15.7 Å². The van der Waals surface area contributed by atoms with Gasteiger partial charge in [0.2, 0.25) is 5.91 Å². The normalized spacial score (nSPS) is 11.6. The van der Waals surface area contributed by atoms with Gasteiger partial charge in [0.1, 0.15) is 0 Å². The standard InChI is InChI=1S/C5H7NO3S/c1-2-10(8,9)4-3-5(6)7/h2-4H,1H2,(H2,6,7). The van der Waals surface area contributed by atoms with Gasteiger partial charge in [-0.25, -0.2) is 8.42 Å². The Balaban J connectivity index is 4.44. The fraction of sp³-hybridized carbons (Fsp3) is 0. The Morgan fingerprint density at radius 3 is 2.30 bits per heavy atom. The summed E-state index contributed by atoms with van der Waals surface area (Å²) in [7, 11) is -3.43. The van der Waals surface area contributed by atoms with Crippen LogP contribution >= 0.6 is 0 Å². The Bertz CT molecular complexity index is 263. The highest BCUT2D eigenvalue weighted by Crippen LogP contribution is 1.90. The third kappa shape index (κ3) is 3.85. The van der Waals surface area contributed by atoms with Gasteiger partial charge in [-0.2, -0.15) is 0 Å². The fourth-order valence-electron chi connectivity index (χ4n) is 0.217. The lowest BCUT2D eigenvalue weighted by Gasteiger charge is -1.83. The molecule has 0 saturated heterocycles. The Kier molecular flexibility index (Phi) is 2.82. The number of hydrogen-bond acceptors (Lipinski definition) is 3. The predicted molar refractivity (Wildman–Crippen MR) is 37.5 cm³/mol. The van der Waals surface area contributed by atoms with Gasteiger partial charge in [-0.15, -0.1) is 0 Å². The Labute approximate surface area is 58.9 Å². The molecule has 0 aromatic carbocycles. The van der Waals surface area contributed by atoms with Crippen molar-refractivity contribution in [2.45, 2.75) is 0 Å². The molecule has 0 aliphatic heterocycles. The number of amides is 1. The molecule has 0 atom stereocenters. The predicted octanol–water partition coefficient (Wildman–Crippen LogP) is -0.456. The molecule has 0 bridgehead atoms. The van der Waals surface area contributed by atoms with Crippen LogP contribution in [0.3, 0.4) is 0 Å². The first-order valence-corrected chi connectivity index (χ1v) is 3.94. The lowest BCUT2D eigenvalue weighted by atomic mass is 10.6. The van der Waals surface area contributed by atoms with Crippen molar-refractivity contribution in [3.05, 3.63) is 23.5 Å². The highest BCUT2D eigenvalue weighted by molar-refractivity contribution is 7.97. The average molecular weight is 161 g/mol. The van der Waals surface area contributed by atoms with Gasteiger partial charge in [0.05, 0.1) is 0 Å². The van der Waals surface area contributed by atoms with E-state index in [0.29, 0.717) is 5.41 Å². The molecule has 0 spiro atoms. The molecular weight excluding hydrogens is 154 g/mol. The lowest BCUT2D eigenvalue weighted by Crippen LogP contribution is -2.06. The number of hydrogen-bond donors (Lipinski definition) is 1. The van der Waals surface area contributed by atoms with E-state index in [-0.39, 0.29) is 0 Å². The zero-order valence-corrected chi connectivity index (χ0v) is 5.97. The smallest absolute Gasteiger partial charge is 0.242 e. The molecular formula is C5H7NO3S. The van der Waals surface area contributed by atoms with Gasteiger partial charge in [-0.1, -0.05) is 6.58 Å². The average Bonchev–Trinajstić information content (AvgIpc) is 1.85. The van der Waals surface area contributed by atoms with Gasteiger partial charge in [0.15, 0.2) is 9.84 Å². The molecule has 5 heteroatoms. The maximum absolute atomic E-state index is 10.5. The van der Waals surface area contributed by atoms with E-state index in [1.807, 2.05) is 0 Å². The second kappa shape index (κ2) is 3.17. The monoisotopic (exact) mass is 161 g/mol. The van der Waals surface area contributed by atoms with Crippen LogP contribution in [0.5, 0.6) is 0 Å². The van der Waals surface area contributed by atoms with E-state index < -0.39 is 15.7 Å². The molecule has 0 saturated carbocycles. The van der Waals surface area contributed by atoms with Crippen LogP contribution in [0.1, 0.15) is 0 Å². The topological polar surface area (TPSA) is 77.2 Å². The van der Waals surface area contributed by atoms with Crippen molar-refractivity contribution < 1.29 is 13.2 Å². The maximum Gasteiger partial charge on any atom is 0.242 e. The molecule has 4 nitrogen and oxygen atoms in total. The zero-order valence-electron chi connectivity index (χ0n) is 5.15. The van der Waals surface area contributed by atoms with Gasteiger partial charge in [-0.05, 0) is 0 Å². The Hall–Kier alpha value is -1.10. The fourth-order valence-corrected chi connectivity index (χ4v) is 0.652. The quantitative estimate of drug-likeness (QED) is 0.569. The van der Waals surface area contributed by atoms with Crippen molar-refractivity contribution in [2.75, 3.05) is 0 Å². The molecule has 0 fully saturated rings. The maximum atomic E-state index is 10.5. The molecule has 0 radical (unpaired) electrons. The van der Waals surface area contributed by atoms with E-state index in [9.17, 15) is 13.2 Å². The van der Waals surface area contributed by atoms with Crippen molar-refractivity contribution in [1.82, 2.24) is 0 Å². The van der Waals surface area contributed by atoms with E-state index in [1.165, 1.54) is 0 Å². The van der Waals surface area contributed by atoms with E-state index in [4.69, 9.17) is 0 Å². The highest BCUT2D eigenvalue weighted by atomic mass is 32.2. The zero-order chi connectivity index (χ0) is 8.20. The third-order valence-corrected chi connectivity index (χ3v) is 1.63. The minimum Gasteiger partial charge on any atom is -0.366 e. The summed E-state index contributed by atoms with van der Waals surface area (Å²) >= 11 is 0. The molecule has 0 rings (SSSR count). The Morgan fingerprint density at radius 1 is 1.50 bits per heavy atom. The minimum absolute atomic E-state index is 0.697. The summed E-state index contributed by atoms with van der Waals surface area (Å²) in [5.41, 5.74) is 4.63. The Morgan fingerprint density at radius 2 is 2.00 bits per heavy atom. The van der Waals surface area contributed by atoms with E-state index in [2.05, 4.69) is 12.3 Å². The van der Waals surface area contributed by atoms with Crippen LogP contribution in [0.25, 0.3) is 0 Å². The highest BCUT2D eigenvalue weighted by Gasteiger charge is 1.96. The van der Waals surface area contributed by atoms with E-state index >= 15 is 0 Å². The molecule has 0 aromatic heterocycles.